The normalized spacial score (nSPS) is 16.0. The molecule has 2 aromatic rings. The van der Waals surface area contributed by atoms with Gasteiger partial charge in [0.05, 0.1) is 17.8 Å². The zero-order chi connectivity index (χ0) is 22.1. The highest BCUT2D eigenvalue weighted by molar-refractivity contribution is 7.17. The average Bonchev–Trinajstić information content (AvgIpc) is 3.07. The second-order valence-corrected chi connectivity index (χ2v) is 9.43. The first kappa shape index (κ1) is 22.2. The van der Waals surface area contributed by atoms with Crippen LogP contribution < -0.4 is 10.2 Å². The first-order valence-corrected chi connectivity index (χ1v) is 10.8. The van der Waals surface area contributed by atoms with Gasteiger partial charge in [0, 0.05) is 27.2 Å². The van der Waals surface area contributed by atoms with Crippen molar-refractivity contribution in [2.75, 3.05) is 32.1 Å². The van der Waals surface area contributed by atoms with Crippen LogP contribution in [0, 0.1) is 13.8 Å². The highest BCUT2D eigenvalue weighted by Crippen LogP contribution is 2.27. The minimum atomic E-state index is -0.530. The molecule has 2 heterocycles. The van der Waals surface area contributed by atoms with Crippen LogP contribution in [0.3, 0.4) is 0 Å². The largest absolute Gasteiger partial charge is 0.364 e. The van der Waals surface area contributed by atoms with Crippen molar-refractivity contribution in [2.24, 2.45) is 0 Å². The van der Waals surface area contributed by atoms with Gasteiger partial charge in [0.15, 0.2) is 5.13 Å². The summed E-state index contributed by atoms with van der Waals surface area (Å²) >= 11 is 1.37. The number of thiazole rings is 1. The summed E-state index contributed by atoms with van der Waals surface area (Å²) in [4.78, 5) is 34.0. The van der Waals surface area contributed by atoms with Crippen LogP contribution in [-0.2, 0) is 16.1 Å². The molecule has 1 atom stereocenters. The number of hydrogen-bond donors (Lipinski definition) is 1. The van der Waals surface area contributed by atoms with Gasteiger partial charge in [-0.05, 0) is 33.3 Å². The molecule has 8 heteroatoms. The zero-order valence-electron chi connectivity index (χ0n) is 18.5. The molecule has 7 nitrogen and oxygen atoms in total. The Balaban J connectivity index is 1.50. The fraction of sp³-hybridized carbons (Fsp3) is 0.500. The minimum absolute atomic E-state index is 0.0577. The van der Waals surface area contributed by atoms with Gasteiger partial charge in [-0.3, -0.25) is 9.59 Å². The molecule has 0 spiro atoms. The number of carbonyl (C=O) groups excluding carboxylic acids is 2. The van der Waals surface area contributed by atoms with Crippen molar-refractivity contribution in [2.45, 2.75) is 45.9 Å². The molecule has 1 aliphatic rings. The Morgan fingerprint density at radius 2 is 1.90 bits per heavy atom. The molecule has 1 N–H and O–H groups in total. The number of carbonyl (C=O) groups is 2. The van der Waals surface area contributed by atoms with E-state index >= 15 is 0 Å². The molecular formula is C22H30N4O3S. The summed E-state index contributed by atoms with van der Waals surface area (Å²) in [6.07, 6.45) is -0.530. The molecular weight excluding hydrogens is 400 g/mol. The van der Waals surface area contributed by atoms with E-state index in [4.69, 9.17) is 4.74 Å². The maximum atomic E-state index is 12.7. The van der Waals surface area contributed by atoms with Gasteiger partial charge >= 0.3 is 0 Å². The lowest BCUT2D eigenvalue weighted by Crippen LogP contribution is -2.70. The topological polar surface area (TPSA) is 74.8 Å². The molecule has 0 saturated carbocycles. The highest BCUT2D eigenvalue weighted by atomic mass is 32.1. The van der Waals surface area contributed by atoms with E-state index in [2.05, 4.69) is 10.3 Å². The Labute approximate surface area is 182 Å². The first-order chi connectivity index (χ1) is 14.1. The zero-order valence-corrected chi connectivity index (χ0v) is 19.3. The summed E-state index contributed by atoms with van der Waals surface area (Å²) in [5.74, 6) is -0.200. The molecule has 1 saturated heterocycles. The molecule has 162 valence electrons. The number of ether oxygens (including phenoxy) is 1. The van der Waals surface area contributed by atoms with Crippen molar-refractivity contribution in [3.63, 3.8) is 0 Å². The molecule has 1 aromatic heterocycles. The lowest BCUT2D eigenvalue weighted by molar-refractivity contribution is -0.151. The summed E-state index contributed by atoms with van der Waals surface area (Å²) in [7, 11) is 3.80. The van der Waals surface area contributed by atoms with Crippen LogP contribution >= 0.6 is 11.3 Å². The number of likely N-dealkylation sites (tertiary alicyclic amines) is 1. The standard InChI is InChI=1S/C22H30N4O3S/c1-14-7-9-17(10-8-14)11-29-16(3)20(28)26-12-22(4,13-26)24-19(27)18-15(2)23-21(30-18)25(5)6/h7-10,16H,11-13H2,1-6H3,(H,24,27). The second-order valence-electron chi connectivity index (χ2n) is 8.45. The Morgan fingerprint density at radius 1 is 1.27 bits per heavy atom. The summed E-state index contributed by atoms with van der Waals surface area (Å²) in [5, 5.41) is 3.87. The fourth-order valence-electron chi connectivity index (χ4n) is 3.38. The molecule has 3 rings (SSSR count). The predicted molar refractivity (Wildman–Crippen MR) is 119 cm³/mol. The van der Waals surface area contributed by atoms with E-state index in [1.807, 2.05) is 64.0 Å². The third-order valence-electron chi connectivity index (χ3n) is 5.15. The van der Waals surface area contributed by atoms with Crippen molar-refractivity contribution < 1.29 is 14.3 Å². The number of nitrogens with one attached hydrogen (secondary N) is 1. The fourth-order valence-corrected chi connectivity index (χ4v) is 4.26. The van der Waals surface area contributed by atoms with Gasteiger partial charge in [0.2, 0.25) is 0 Å². The molecule has 1 unspecified atom stereocenters. The molecule has 1 aromatic carbocycles. The van der Waals surface area contributed by atoms with Gasteiger partial charge in [-0.1, -0.05) is 41.2 Å². The number of aryl methyl sites for hydroxylation is 2. The third kappa shape index (κ3) is 4.99. The first-order valence-electron chi connectivity index (χ1n) is 10.0. The molecule has 0 bridgehead atoms. The van der Waals surface area contributed by atoms with Gasteiger partial charge in [-0.25, -0.2) is 4.98 Å². The minimum Gasteiger partial charge on any atom is -0.364 e. The van der Waals surface area contributed by atoms with Gasteiger partial charge in [-0.15, -0.1) is 0 Å². The number of aromatic nitrogens is 1. The van der Waals surface area contributed by atoms with E-state index < -0.39 is 11.6 Å². The number of nitrogens with zero attached hydrogens (tertiary/aromatic N) is 3. The maximum Gasteiger partial charge on any atom is 0.263 e. The van der Waals surface area contributed by atoms with Crippen molar-refractivity contribution in [1.29, 1.82) is 0 Å². The van der Waals surface area contributed by atoms with Gasteiger partial charge in [-0.2, -0.15) is 0 Å². The quantitative estimate of drug-likeness (QED) is 0.731. The number of anilines is 1. The molecule has 30 heavy (non-hydrogen) atoms. The van der Waals surface area contributed by atoms with E-state index in [9.17, 15) is 9.59 Å². The van der Waals surface area contributed by atoms with E-state index in [1.165, 1.54) is 16.9 Å². The highest BCUT2D eigenvalue weighted by Gasteiger charge is 2.44. The van der Waals surface area contributed by atoms with Crippen molar-refractivity contribution in [1.82, 2.24) is 15.2 Å². The number of hydrogen-bond acceptors (Lipinski definition) is 6. The summed E-state index contributed by atoms with van der Waals surface area (Å²) in [6.45, 7) is 8.93. The Hall–Kier alpha value is -2.45. The SMILES string of the molecule is Cc1ccc(COC(C)C(=O)N2CC(C)(NC(=O)c3sc(N(C)C)nc3C)C2)cc1. The van der Waals surface area contributed by atoms with Crippen LogP contribution in [0.15, 0.2) is 24.3 Å². The second kappa shape index (κ2) is 8.73. The maximum absolute atomic E-state index is 12.7. The number of rotatable bonds is 7. The van der Waals surface area contributed by atoms with Crippen molar-refractivity contribution >= 4 is 28.3 Å². The average molecular weight is 431 g/mol. The monoisotopic (exact) mass is 430 g/mol. The van der Waals surface area contributed by atoms with Crippen LogP contribution in [0.4, 0.5) is 5.13 Å². The van der Waals surface area contributed by atoms with Gasteiger partial charge in [0.25, 0.3) is 11.8 Å². The lowest BCUT2D eigenvalue weighted by atomic mass is 9.91. The number of amides is 2. The van der Waals surface area contributed by atoms with Crippen molar-refractivity contribution in [3.8, 4) is 0 Å². The van der Waals surface area contributed by atoms with Gasteiger partial charge in [0.1, 0.15) is 11.0 Å². The number of benzene rings is 1. The van der Waals surface area contributed by atoms with E-state index in [1.54, 1.807) is 11.8 Å². The Morgan fingerprint density at radius 3 is 2.47 bits per heavy atom. The Bertz CT molecular complexity index is 917. The third-order valence-corrected chi connectivity index (χ3v) is 6.47. The van der Waals surface area contributed by atoms with Gasteiger partial charge < -0.3 is 19.9 Å². The smallest absolute Gasteiger partial charge is 0.263 e. The molecule has 1 aliphatic heterocycles. The Kier molecular flexibility index (Phi) is 6.47. The molecule has 2 amide bonds. The molecule has 1 fully saturated rings. The summed E-state index contributed by atoms with van der Waals surface area (Å²) in [5.41, 5.74) is 2.50. The summed E-state index contributed by atoms with van der Waals surface area (Å²) < 4.78 is 5.76. The van der Waals surface area contributed by atoms with E-state index in [0.29, 0.717) is 24.6 Å². The van der Waals surface area contributed by atoms with E-state index in [0.717, 1.165) is 16.4 Å². The van der Waals surface area contributed by atoms with Crippen LogP contribution in [0.5, 0.6) is 0 Å². The van der Waals surface area contributed by atoms with Crippen LogP contribution in [0.1, 0.15) is 40.3 Å². The molecule has 0 radical (unpaired) electrons. The lowest BCUT2D eigenvalue weighted by Gasteiger charge is -2.48. The predicted octanol–water partition coefficient (Wildman–Crippen LogP) is 2.76. The van der Waals surface area contributed by atoms with Crippen molar-refractivity contribution in [3.05, 3.63) is 46.0 Å². The van der Waals surface area contributed by atoms with Crippen LogP contribution in [0.2, 0.25) is 0 Å². The summed E-state index contributed by atoms with van der Waals surface area (Å²) in [6, 6.07) is 8.07. The molecule has 0 aliphatic carbocycles. The van der Waals surface area contributed by atoms with Crippen LogP contribution in [-0.4, -0.2) is 60.5 Å². The van der Waals surface area contributed by atoms with Crippen LogP contribution in [0.25, 0.3) is 0 Å². The van der Waals surface area contributed by atoms with E-state index in [-0.39, 0.29) is 11.8 Å².